The Morgan fingerprint density at radius 3 is 2.49 bits per heavy atom. The molecule has 3 heteroatoms. The number of thiophene rings is 1. The highest BCUT2D eigenvalue weighted by molar-refractivity contribution is 7.26. The van der Waals surface area contributed by atoms with Crippen LogP contribution in [0.2, 0.25) is 0 Å². The molecule has 0 saturated heterocycles. The standard InChI is InChI=1S/C32H31NOS/c1-18(2)13-26-19(3)23-17-29-24(16-27(23)34-26)30-28(35-29)11-12-33-31(30)21-14-20-9-7-8-10-22(20)25(15-21)32(4,5)6/h7-12,14-18H,13H2,1-6H3. The molecule has 0 aliphatic heterocycles. The molecule has 0 amide bonds. The number of nitrogens with zero attached hydrogens (tertiary/aromatic N) is 1. The highest BCUT2D eigenvalue weighted by atomic mass is 32.1. The van der Waals surface area contributed by atoms with Crippen molar-refractivity contribution in [1.82, 2.24) is 4.98 Å². The number of pyridine rings is 1. The minimum absolute atomic E-state index is 0.0326. The lowest BCUT2D eigenvalue weighted by Crippen LogP contribution is -2.12. The van der Waals surface area contributed by atoms with Crippen LogP contribution < -0.4 is 0 Å². The Balaban J connectivity index is 1.64. The van der Waals surface area contributed by atoms with Crippen LogP contribution in [0.4, 0.5) is 0 Å². The van der Waals surface area contributed by atoms with Crippen molar-refractivity contribution in [2.75, 3.05) is 0 Å². The van der Waals surface area contributed by atoms with E-state index in [2.05, 4.69) is 96.1 Å². The smallest absolute Gasteiger partial charge is 0.135 e. The van der Waals surface area contributed by atoms with E-state index in [0.29, 0.717) is 5.92 Å². The first-order chi connectivity index (χ1) is 16.7. The van der Waals surface area contributed by atoms with Crippen molar-refractivity contribution in [2.24, 2.45) is 5.92 Å². The van der Waals surface area contributed by atoms with Gasteiger partial charge in [-0.25, -0.2) is 0 Å². The van der Waals surface area contributed by atoms with Crippen LogP contribution >= 0.6 is 11.3 Å². The molecule has 3 heterocycles. The van der Waals surface area contributed by atoms with E-state index in [1.807, 2.05) is 17.5 Å². The second kappa shape index (κ2) is 7.93. The lowest BCUT2D eigenvalue weighted by molar-refractivity contribution is 0.496. The van der Waals surface area contributed by atoms with E-state index in [4.69, 9.17) is 9.40 Å². The first-order valence-corrected chi connectivity index (χ1v) is 13.3. The van der Waals surface area contributed by atoms with Crippen LogP contribution in [0.25, 0.3) is 53.2 Å². The fourth-order valence-corrected chi connectivity index (χ4v) is 6.46. The third kappa shape index (κ3) is 3.65. The Bertz CT molecular complexity index is 1740. The van der Waals surface area contributed by atoms with Crippen molar-refractivity contribution >= 4 is 53.3 Å². The maximum Gasteiger partial charge on any atom is 0.135 e. The predicted octanol–water partition coefficient (Wildman–Crippen LogP) is 9.82. The topological polar surface area (TPSA) is 26.0 Å². The SMILES string of the molecule is Cc1c(CC(C)C)oc2cc3c(cc12)sc1ccnc(-c2cc(C(C)(C)C)c4ccccc4c2)c13. The predicted molar refractivity (Wildman–Crippen MR) is 152 cm³/mol. The van der Waals surface area contributed by atoms with Crippen LogP contribution in [-0.4, -0.2) is 4.98 Å². The van der Waals surface area contributed by atoms with Gasteiger partial charge in [0.15, 0.2) is 0 Å². The number of rotatable bonds is 3. The van der Waals surface area contributed by atoms with Gasteiger partial charge in [-0.05, 0) is 70.5 Å². The Morgan fingerprint density at radius 2 is 1.71 bits per heavy atom. The summed E-state index contributed by atoms with van der Waals surface area (Å²) in [5.41, 5.74) is 5.87. The molecular formula is C32H31NOS. The van der Waals surface area contributed by atoms with E-state index in [0.717, 1.165) is 23.5 Å². The highest BCUT2D eigenvalue weighted by Gasteiger charge is 2.21. The van der Waals surface area contributed by atoms with Crippen LogP contribution in [0.5, 0.6) is 0 Å². The van der Waals surface area contributed by atoms with Gasteiger partial charge in [-0.15, -0.1) is 11.3 Å². The van der Waals surface area contributed by atoms with Crippen molar-refractivity contribution in [3.8, 4) is 11.3 Å². The number of benzene rings is 3. The fraction of sp³-hybridized carbons (Fsp3) is 0.281. The lowest BCUT2D eigenvalue weighted by atomic mass is 9.82. The molecule has 0 fully saturated rings. The van der Waals surface area contributed by atoms with Crippen molar-refractivity contribution in [3.63, 3.8) is 0 Å². The largest absolute Gasteiger partial charge is 0.461 e. The Morgan fingerprint density at radius 1 is 0.914 bits per heavy atom. The van der Waals surface area contributed by atoms with Gasteiger partial charge in [0.2, 0.25) is 0 Å². The summed E-state index contributed by atoms with van der Waals surface area (Å²) in [4.78, 5) is 4.95. The van der Waals surface area contributed by atoms with Gasteiger partial charge in [0.25, 0.3) is 0 Å². The number of fused-ring (bicyclic) bond motifs is 5. The van der Waals surface area contributed by atoms with Gasteiger partial charge in [-0.1, -0.05) is 58.9 Å². The van der Waals surface area contributed by atoms with Gasteiger partial charge in [0.1, 0.15) is 11.3 Å². The van der Waals surface area contributed by atoms with E-state index in [1.165, 1.54) is 53.0 Å². The van der Waals surface area contributed by atoms with E-state index < -0.39 is 0 Å². The molecule has 0 unspecified atom stereocenters. The van der Waals surface area contributed by atoms with Crippen LogP contribution in [0.15, 0.2) is 65.2 Å². The highest BCUT2D eigenvalue weighted by Crippen LogP contribution is 2.43. The summed E-state index contributed by atoms with van der Waals surface area (Å²) < 4.78 is 8.94. The van der Waals surface area contributed by atoms with Crippen LogP contribution in [0.1, 0.15) is 51.5 Å². The molecule has 0 radical (unpaired) electrons. The maximum absolute atomic E-state index is 6.39. The molecular weight excluding hydrogens is 446 g/mol. The molecule has 6 aromatic rings. The first kappa shape index (κ1) is 22.3. The van der Waals surface area contributed by atoms with E-state index in [9.17, 15) is 0 Å². The number of hydrogen-bond acceptors (Lipinski definition) is 3. The zero-order valence-corrected chi connectivity index (χ0v) is 22.1. The minimum atomic E-state index is 0.0326. The van der Waals surface area contributed by atoms with Gasteiger partial charge in [0.05, 0.1) is 5.69 Å². The average molecular weight is 478 g/mol. The van der Waals surface area contributed by atoms with Crippen molar-refractivity contribution < 1.29 is 4.42 Å². The molecule has 2 nitrogen and oxygen atoms in total. The van der Waals surface area contributed by atoms with E-state index in [1.54, 1.807) is 0 Å². The Labute approximate surface area is 210 Å². The third-order valence-corrected chi connectivity index (χ3v) is 8.19. The van der Waals surface area contributed by atoms with Crippen LogP contribution in [0, 0.1) is 12.8 Å². The van der Waals surface area contributed by atoms with Crippen molar-refractivity contribution in [1.29, 1.82) is 0 Å². The summed E-state index contributed by atoms with van der Waals surface area (Å²) in [6, 6.07) is 20.1. The van der Waals surface area contributed by atoms with Gasteiger partial charge in [-0.2, -0.15) is 0 Å². The van der Waals surface area contributed by atoms with Crippen molar-refractivity contribution in [3.05, 3.63) is 77.7 Å². The molecule has 0 aliphatic rings. The van der Waals surface area contributed by atoms with Gasteiger partial charge >= 0.3 is 0 Å². The van der Waals surface area contributed by atoms with E-state index in [-0.39, 0.29) is 5.41 Å². The molecule has 6 rings (SSSR count). The van der Waals surface area contributed by atoms with E-state index >= 15 is 0 Å². The normalized spacial score (nSPS) is 12.7. The molecule has 3 aromatic heterocycles. The van der Waals surface area contributed by atoms with Crippen molar-refractivity contribution in [2.45, 2.75) is 53.4 Å². The molecule has 0 atom stereocenters. The second-order valence-corrected chi connectivity index (χ2v) is 12.3. The average Bonchev–Trinajstić information content (AvgIpc) is 3.32. The van der Waals surface area contributed by atoms with Gasteiger partial charge in [-0.3, -0.25) is 4.98 Å². The quantitative estimate of drug-likeness (QED) is 0.253. The van der Waals surface area contributed by atoms with Crippen LogP contribution in [-0.2, 0) is 11.8 Å². The number of furan rings is 1. The Kier molecular flexibility index (Phi) is 5.05. The summed E-state index contributed by atoms with van der Waals surface area (Å²) in [7, 11) is 0. The first-order valence-electron chi connectivity index (χ1n) is 12.5. The molecule has 0 saturated carbocycles. The Hall–Kier alpha value is -3.17. The monoisotopic (exact) mass is 477 g/mol. The maximum atomic E-state index is 6.39. The fourth-order valence-electron chi connectivity index (χ4n) is 5.34. The molecule has 0 bridgehead atoms. The summed E-state index contributed by atoms with van der Waals surface area (Å²) in [5.74, 6) is 1.68. The third-order valence-electron chi connectivity index (χ3n) is 7.08. The summed E-state index contributed by atoms with van der Waals surface area (Å²) >= 11 is 1.85. The lowest BCUT2D eigenvalue weighted by Gasteiger charge is -2.23. The second-order valence-electron chi connectivity index (χ2n) is 11.2. The zero-order valence-electron chi connectivity index (χ0n) is 21.3. The molecule has 176 valence electrons. The summed E-state index contributed by atoms with van der Waals surface area (Å²) in [6.07, 6.45) is 2.92. The van der Waals surface area contributed by atoms with Gasteiger partial charge in [0, 0.05) is 43.7 Å². The number of aryl methyl sites for hydroxylation is 1. The number of aromatic nitrogens is 1. The zero-order chi connectivity index (χ0) is 24.5. The molecule has 0 N–H and O–H groups in total. The molecule has 3 aromatic carbocycles. The summed E-state index contributed by atoms with van der Waals surface area (Å²) in [5, 5.41) is 6.27. The minimum Gasteiger partial charge on any atom is -0.461 e. The molecule has 35 heavy (non-hydrogen) atoms. The molecule has 0 spiro atoms. The molecule has 0 aliphatic carbocycles. The van der Waals surface area contributed by atoms with Gasteiger partial charge < -0.3 is 4.42 Å². The van der Waals surface area contributed by atoms with Crippen LogP contribution in [0.3, 0.4) is 0 Å². The summed E-state index contributed by atoms with van der Waals surface area (Å²) in [6.45, 7) is 13.5. The number of hydrogen-bond donors (Lipinski definition) is 0.